The van der Waals surface area contributed by atoms with Gasteiger partial charge in [0, 0.05) is 31.1 Å². The Morgan fingerprint density at radius 1 is 1.11 bits per heavy atom. The zero-order valence-electron chi connectivity index (χ0n) is 21.7. The molecule has 204 valence electrons. The molecule has 2 rings (SSSR count). The average Bonchev–Trinajstić information content (AvgIpc) is 2.84. The molecule has 0 radical (unpaired) electrons. The van der Waals surface area contributed by atoms with Gasteiger partial charge in [-0.3, -0.25) is 13.9 Å². The number of carbonyl (C=O) groups excluding carboxylic acids is 2. The smallest absolute Gasteiger partial charge is 0.242 e. The van der Waals surface area contributed by atoms with Crippen LogP contribution >= 0.6 is 23.2 Å². The maximum atomic E-state index is 13.3. The fourth-order valence-corrected chi connectivity index (χ4v) is 5.19. The Bertz CT molecular complexity index is 1180. The maximum absolute atomic E-state index is 13.3. The van der Waals surface area contributed by atoms with Gasteiger partial charge < -0.3 is 15.0 Å². The Labute approximate surface area is 229 Å². The minimum absolute atomic E-state index is 0.0447. The van der Waals surface area contributed by atoms with Crippen molar-refractivity contribution in [1.29, 1.82) is 0 Å². The van der Waals surface area contributed by atoms with Gasteiger partial charge in [0.2, 0.25) is 21.8 Å². The number of carbonyl (C=O) groups is 2. The summed E-state index contributed by atoms with van der Waals surface area (Å²) in [6.45, 7) is 4.52. The molecule has 0 bridgehead atoms. The Morgan fingerprint density at radius 3 is 2.43 bits per heavy atom. The fraction of sp³-hybridized carbons (Fsp3) is 0.462. The average molecular weight is 573 g/mol. The van der Waals surface area contributed by atoms with Crippen molar-refractivity contribution in [1.82, 2.24) is 10.2 Å². The quantitative estimate of drug-likeness (QED) is 0.326. The van der Waals surface area contributed by atoms with Crippen LogP contribution in [0.1, 0.15) is 45.1 Å². The predicted molar refractivity (Wildman–Crippen MR) is 149 cm³/mol. The molecule has 0 saturated carbocycles. The van der Waals surface area contributed by atoms with Crippen molar-refractivity contribution in [3.8, 4) is 5.75 Å². The van der Waals surface area contributed by atoms with Gasteiger partial charge in [0.05, 0.1) is 24.1 Å². The van der Waals surface area contributed by atoms with E-state index in [9.17, 15) is 18.0 Å². The number of nitrogens with zero attached hydrogens (tertiary/aromatic N) is 2. The molecule has 0 heterocycles. The summed E-state index contributed by atoms with van der Waals surface area (Å²) in [7, 11) is -2.16. The van der Waals surface area contributed by atoms with Crippen LogP contribution in [-0.2, 0) is 26.2 Å². The Balaban J connectivity index is 2.17. The molecule has 0 aliphatic rings. The van der Waals surface area contributed by atoms with Crippen LogP contribution in [0.4, 0.5) is 5.69 Å². The van der Waals surface area contributed by atoms with Crippen molar-refractivity contribution in [2.45, 2.75) is 52.1 Å². The van der Waals surface area contributed by atoms with Crippen molar-refractivity contribution in [3.63, 3.8) is 0 Å². The second-order valence-corrected chi connectivity index (χ2v) is 11.5. The van der Waals surface area contributed by atoms with Gasteiger partial charge in [0.1, 0.15) is 11.8 Å². The second kappa shape index (κ2) is 14.4. The maximum Gasteiger partial charge on any atom is 0.242 e. The topological polar surface area (TPSA) is 96.0 Å². The molecule has 1 atom stereocenters. The summed E-state index contributed by atoms with van der Waals surface area (Å²) in [6.07, 6.45) is 3.17. The number of anilines is 1. The standard InChI is InChI=1S/C26H35Cl2N3O5S/c1-5-6-14-29-26(33)19(2)30(18-20-9-7-10-21(27)16-20)25(32)11-8-15-31(37(4,34)35)22-12-13-24(36-3)23(28)17-22/h7,9-10,12-13,16-17,19H,5-6,8,11,14-15,18H2,1-4H3,(H,29,33)/t19-/m1/s1. The summed E-state index contributed by atoms with van der Waals surface area (Å²) < 4.78 is 31.3. The number of hydrogen-bond donors (Lipinski definition) is 1. The first-order chi connectivity index (χ1) is 17.5. The van der Waals surface area contributed by atoms with Crippen LogP contribution in [0.25, 0.3) is 0 Å². The Morgan fingerprint density at radius 2 is 1.84 bits per heavy atom. The highest BCUT2D eigenvalue weighted by Gasteiger charge is 2.26. The molecule has 11 heteroatoms. The third-order valence-electron chi connectivity index (χ3n) is 5.81. The van der Waals surface area contributed by atoms with E-state index in [1.54, 1.807) is 37.3 Å². The molecular formula is C26H35Cl2N3O5S. The highest BCUT2D eigenvalue weighted by atomic mass is 35.5. The number of benzene rings is 2. The molecule has 0 fully saturated rings. The number of rotatable bonds is 14. The normalized spacial score (nSPS) is 12.1. The monoisotopic (exact) mass is 571 g/mol. The van der Waals surface area contributed by atoms with E-state index in [1.807, 2.05) is 13.0 Å². The van der Waals surface area contributed by atoms with Crippen LogP contribution in [-0.4, -0.2) is 57.6 Å². The SMILES string of the molecule is CCCCNC(=O)[C@@H](C)N(Cc1cccc(Cl)c1)C(=O)CCCN(c1ccc(OC)c(Cl)c1)S(C)(=O)=O. The van der Waals surface area contributed by atoms with Crippen molar-refractivity contribution in [3.05, 3.63) is 58.1 Å². The van der Waals surface area contributed by atoms with E-state index in [-0.39, 0.29) is 42.8 Å². The van der Waals surface area contributed by atoms with Gasteiger partial charge in [0.25, 0.3) is 0 Å². The van der Waals surface area contributed by atoms with Gasteiger partial charge in [-0.25, -0.2) is 8.42 Å². The highest BCUT2D eigenvalue weighted by Crippen LogP contribution is 2.30. The number of sulfonamides is 1. The minimum atomic E-state index is -3.64. The van der Waals surface area contributed by atoms with Gasteiger partial charge in [-0.2, -0.15) is 0 Å². The Hall–Kier alpha value is -2.49. The number of amides is 2. The third kappa shape index (κ3) is 9.39. The van der Waals surface area contributed by atoms with E-state index in [0.29, 0.717) is 23.0 Å². The van der Waals surface area contributed by atoms with E-state index in [2.05, 4.69) is 5.32 Å². The molecule has 37 heavy (non-hydrogen) atoms. The zero-order chi connectivity index (χ0) is 27.6. The van der Waals surface area contributed by atoms with Gasteiger partial charge in [-0.15, -0.1) is 0 Å². The Kier molecular flexibility index (Phi) is 12.0. The number of hydrogen-bond acceptors (Lipinski definition) is 5. The van der Waals surface area contributed by atoms with Crippen LogP contribution in [0.3, 0.4) is 0 Å². The van der Waals surface area contributed by atoms with Crippen LogP contribution in [0.2, 0.25) is 10.0 Å². The van der Waals surface area contributed by atoms with Crippen LogP contribution in [0, 0.1) is 0 Å². The number of halogens is 2. The lowest BCUT2D eigenvalue weighted by Gasteiger charge is -2.29. The first kappa shape index (κ1) is 30.7. The first-order valence-corrected chi connectivity index (χ1v) is 14.7. The molecule has 0 aromatic heterocycles. The van der Waals surface area contributed by atoms with Crippen LogP contribution < -0.4 is 14.4 Å². The molecule has 8 nitrogen and oxygen atoms in total. The molecule has 1 N–H and O–H groups in total. The van der Waals surface area contributed by atoms with Crippen molar-refractivity contribution < 1.29 is 22.7 Å². The number of methoxy groups -OCH3 is 1. The van der Waals surface area contributed by atoms with Crippen molar-refractivity contribution in [2.75, 3.05) is 30.8 Å². The molecule has 0 aliphatic heterocycles. The molecule has 0 spiro atoms. The minimum Gasteiger partial charge on any atom is -0.495 e. The predicted octanol–water partition coefficient (Wildman–Crippen LogP) is 4.88. The summed E-state index contributed by atoms with van der Waals surface area (Å²) >= 11 is 12.3. The van der Waals surface area contributed by atoms with E-state index >= 15 is 0 Å². The molecule has 2 aromatic carbocycles. The van der Waals surface area contributed by atoms with Gasteiger partial charge in [0.15, 0.2) is 0 Å². The highest BCUT2D eigenvalue weighted by molar-refractivity contribution is 7.92. The fourth-order valence-electron chi connectivity index (χ4n) is 3.77. The third-order valence-corrected chi connectivity index (χ3v) is 7.54. The van der Waals surface area contributed by atoms with E-state index < -0.39 is 16.1 Å². The lowest BCUT2D eigenvalue weighted by Crippen LogP contribution is -2.48. The van der Waals surface area contributed by atoms with Crippen molar-refractivity contribution in [2.24, 2.45) is 0 Å². The summed E-state index contributed by atoms with van der Waals surface area (Å²) in [5, 5.41) is 3.69. The van der Waals surface area contributed by atoms with Gasteiger partial charge in [-0.05, 0) is 55.7 Å². The summed E-state index contributed by atoms with van der Waals surface area (Å²) in [4.78, 5) is 27.6. The summed E-state index contributed by atoms with van der Waals surface area (Å²) in [5.74, 6) is -0.0781. The number of ether oxygens (including phenoxy) is 1. The first-order valence-electron chi connectivity index (χ1n) is 12.1. The molecular weight excluding hydrogens is 537 g/mol. The van der Waals surface area contributed by atoms with E-state index in [0.717, 1.165) is 24.7 Å². The van der Waals surface area contributed by atoms with Gasteiger partial charge in [-0.1, -0.05) is 48.7 Å². The summed E-state index contributed by atoms with van der Waals surface area (Å²) in [6, 6.07) is 11.1. The molecule has 2 amide bonds. The van der Waals surface area contributed by atoms with E-state index in [1.165, 1.54) is 22.4 Å². The zero-order valence-corrected chi connectivity index (χ0v) is 24.0. The van der Waals surface area contributed by atoms with E-state index in [4.69, 9.17) is 27.9 Å². The number of nitrogens with one attached hydrogen (secondary N) is 1. The lowest BCUT2D eigenvalue weighted by molar-refractivity contribution is -0.140. The molecule has 0 saturated heterocycles. The summed E-state index contributed by atoms with van der Waals surface area (Å²) in [5.41, 5.74) is 1.17. The molecule has 0 aliphatic carbocycles. The largest absolute Gasteiger partial charge is 0.495 e. The van der Waals surface area contributed by atoms with Gasteiger partial charge >= 0.3 is 0 Å². The van der Waals surface area contributed by atoms with Crippen LogP contribution in [0.15, 0.2) is 42.5 Å². The van der Waals surface area contributed by atoms with Crippen molar-refractivity contribution >= 4 is 50.7 Å². The lowest BCUT2D eigenvalue weighted by atomic mass is 10.1. The number of unbranched alkanes of at least 4 members (excludes halogenated alkanes) is 1. The van der Waals surface area contributed by atoms with Crippen LogP contribution in [0.5, 0.6) is 5.75 Å². The molecule has 2 aromatic rings. The molecule has 0 unspecified atom stereocenters. The second-order valence-electron chi connectivity index (χ2n) is 8.73.